The maximum Gasteiger partial charge on any atom is 0.0900 e. The molecular weight excluding hydrogens is 1170 g/mol. The molecule has 0 aliphatic rings. The number of hydrogen-bond acceptors (Lipinski definition) is 9. The number of nitrogens with zero attached hydrogens (tertiary/aromatic N) is 9. The highest BCUT2D eigenvalue weighted by Crippen LogP contribution is 2.39. The van der Waals surface area contributed by atoms with Crippen LogP contribution in [0.1, 0.15) is 0 Å². The first-order chi connectivity index (χ1) is 47.5. The molecular formula is C87H57N9. The lowest BCUT2D eigenvalue weighted by molar-refractivity contribution is 1.22. The van der Waals surface area contributed by atoms with E-state index in [2.05, 4.69) is 230 Å². The Kier molecular flexibility index (Phi) is 15.9. The highest BCUT2D eigenvalue weighted by molar-refractivity contribution is 5.86. The number of rotatable bonds is 15. The van der Waals surface area contributed by atoms with Crippen molar-refractivity contribution in [2.75, 3.05) is 0 Å². The van der Waals surface area contributed by atoms with Crippen molar-refractivity contribution in [3.8, 4) is 168 Å². The highest BCUT2D eigenvalue weighted by atomic mass is 14.8. The largest absolute Gasteiger partial charge is 0.255 e. The van der Waals surface area contributed by atoms with Crippen LogP contribution in [-0.4, -0.2) is 44.9 Å². The Hall–Kier alpha value is -13.1. The first kappa shape index (κ1) is 58.0. The fourth-order valence-electron chi connectivity index (χ4n) is 12.2. The Morgan fingerprint density at radius 1 is 0.115 bits per heavy atom. The smallest absolute Gasteiger partial charge is 0.0900 e. The van der Waals surface area contributed by atoms with E-state index >= 15 is 0 Å². The Morgan fingerprint density at radius 3 is 0.385 bits per heavy atom. The molecule has 9 heterocycles. The van der Waals surface area contributed by atoms with Gasteiger partial charge in [-0.25, -0.2) is 15.0 Å². The molecule has 0 saturated carbocycles. The second-order valence-corrected chi connectivity index (χ2v) is 23.4. The average molecular weight is 1230 g/mol. The van der Waals surface area contributed by atoms with Gasteiger partial charge in [-0.3, -0.25) is 29.9 Å². The van der Waals surface area contributed by atoms with Gasteiger partial charge >= 0.3 is 0 Å². The minimum atomic E-state index is 0.795. The van der Waals surface area contributed by atoms with E-state index < -0.39 is 0 Å². The van der Waals surface area contributed by atoms with E-state index in [-0.39, 0.29) is 0 Å². The van der Waals surface area contributed by atoms with E-state index in [0.29, 0.717) is 0 Å². The van der Waals surface area contributed by atoms with E-state index in [1.807, 2.05) is 109 Å². The van der Waals surface area contributed by atoms with Crippen LogP contribution < -0.4 is 0 Å². The molecule has 96 heavy (non-hydrogen) atoms. The number of aromatic nitrogens is 9. The van der Waals surface area contributed by atoms with Gasteiger partial charge < -0.3 is 0 Å². The van der Waals surface area contributed by atoms with Gasteiger partial charge in [-0.15, -0.1) is 0 Å². The third-order valence-corrected chi connectivity index (χ3v) is 17.3. The number of pyridine rings is 9. The van der Waals surface area contributed by atoms with Crippen LogP contribution in [0.25, 0.3) is 168 Å². The van der Waals surface area contributed by atoms with Crippen molar-refractivity contribution in [1.29, 1.82) is 0 Å². The van der Waals surface area contributed by atoms with Gasteiger partial charge in [0.1, 0.15) is 0 Å². The summed E-state index contributed by atoms with van der Waals surface area (Å²) in [6.07, 6.45) is 10.8. The summed E-state index contributed by atoms with van der Waals surface area (Å²) in [5, 5.41) is 0. The molecule has 0 atom stereocenters. The SMILES string of the molecule is c1ccc(-c2cc(-c3ccc(-c4ccc(-c5cc(-c6ccc(-c7ccc(-c8cc(-c9ccccn9)nc(-c9ccccn9)c8)cc7)cc6)cc(-c6ccc(-c7ccc(-c8cc(-c9ccccn9)nc(-c9ccccn9)c8)cc7)cc6)c5)cc4)cc3)cc(-c3ccccn3)n2)nc1. The van der Waals surface area contributed by atoms with Crippen LogP contribution in [-0.2, 0) is 0 Å². The van der Waals surface area contributed by atoms with Gasteiger partial charge in [0.05, 0.1) is 68.3 Å². The van der Waals surface area contributed by atoms with Crippen LogP contribution in [0.3, 0.4) is 0 Å². The van der Waals surface area contributed by atoms with E-state index in [1.54, 1.807) is 37.2 Å². The van der Waals surface area contributed by atoms with Gasteiger partial charge in [0, 0.05) is 37.2 Å². The minimum Gasteiger partial charge on any atom is -0.255 e. The summed E-state index contributed by atoms with van der Waals surface area (Å²) in [5.41, 5.74) is 29.4. The summed E-state index contributed by atoms with van der Waals surface area (Å²) in [5.74, 6) is 0. The van der Waals surface area contributed by atoms with Crippen molar-refractivity contribution < 1.29 is 0 Å². The van der Waals surface area contributed by atoms with Crippen LogP contribution >= 0.6 is 0 Å². The Labute approximate surface area is 556 Å². The van der Waals surface area contributed by atoms with Crippen molar-refractivity contribution >= 4 is 0 Å². The van der Waals surface area contributed by atoms with Crippen molar-refractivity contribution in [2.24, 2.45) is 0 Å². The summed E-state index contributed by atoms with van der Waals surface area (Å²) in [7, 11) is 0. The molecule has 0 fully saturated rings. The zero-order valence-electron chi connectivity index (χ0n) is 51.9. The average Bonchev–Trinajstić information content (AvgIpc) is 0.869. The van der Waals surface area contributed by atoms with E-state index in [0.717, 1.165) is 168 Å². The van der Waals surface area contributed by atoms with E-state index in [1.165, 1.54) is 0 Å². The third-order valence-electron chi connectivity index (χ3n) is 17.3. The number of benzene rings is 7. The lowest BCUT2D eigenvalue weighted by Crippen LogP contribution is -1.94. The molecule has 0 amide bonds. The molecule has 450 valence electrons. The highest BCUT2D eigenvalue weighted by Gasteiger charge is 2.17. The predicted molar refractivity (Wildman–Crippen MR) is 388 cm³/mol. The second-order valence-electron chi connectivity index (χ2n) is 23.4. The van der Waals surface area contributed by atoms with Gasteiger partial charge in [0.2, 0.25) is 0 Å². The summed E-state index contributed by atoms with van der Waals surface area (Å²) in [4.78, 5) is 42.8. The summed E-state index contributed by atoms with van der Waals surface area (Å²) in [6.45, 7) is 0. The molecule has 16 aromatic rings. The van der Waals surface area contributed by atoms with Crippen molar-refractivity contribution in [3.63, 3.8) is 0 Å². The van der Waals surface area contributed by atoms with Gasteiger partial charge in [0.25, 0.3) is 0 Å². The van der Waals surface area contributed by atoms with Gasteiger partial charge in [-0.05, 0) is 228 Å². The summed E-state index contributed by atoms with van der Waals surface area (Å²) >= 11 is 0. The quantitative estimate of drug-likeness (QED) is 0.0989. The predicted octanol–water partition coefficient (Wildman–Crippen LogP) is 21.2. The zero-order valence-corrected chi connectivity index (χ0v) is 51.9. The molecule has 7 aromatic carbocycles. The third kappa shape index (κ3) is 12.5. The van der Waals surface area contributed by atoms with Gasteiger partial charge in [-0.1, -0.05) is 182 Å². The van der Waals surface area contributed by atoms with Crippen LogP contribution in [0.15, 0.2) is 347 Å². The van der Waals surface area contributed by atoms with E-state index in [9.17, 15) is 0 Å². The zero-order chi connectivity index (χ0) is 64.0. The molecule has 0 aliphatic carbocycles. The second kappa shape index (κ2) is 26.2. The summed E-state index contributed by atoms with van der Waals surface area (Å²) in [6, 6.07) is 108. The van der Waals surface area contributed by atoms with Crippen LogP contribution in [0.2, 0.25) is 0 Å². The van der Waals surface area contributed by atoms with Crippen LogP contribution in [0, 0.1) is 0 Å². The van der Waals surface area contributed by atoms with Crippen LogP contribution in [0.5, 0.6) is 0 Å². The monoisotopic (exact) mass is 1230 g/mol. The van der Waals surface area contributed by atoms with E-state index in [4.69, 9.17) is 15.0 Å². The normalized spacial score (nSPS) is 11.1. The number of hydrogen-bond donors (Lipinski definition) is 0. The molecule has 0 unspecified atom stereocenters. The summed E-state index contributed by atoms with van der Waals surface area (Å²) < 4.78 is 0. The maximum atomic E-state index is 4.99. The minimum absolute atomic E-state index is 0.795. The lowest BCUT2D eigenvalue weighted by atomic mass is 9.91. The fourth-order valence-corrected chi connectivity index (χ4v) is 12.2. The molecule has 0 N–H and O–H groups in total. The molecule has 0 aliphatic heterocycles. The maximum absolute atomic E-state index is 4.99. The van der Waals surface area contributed by atoms with Gasteiger partial charge in [-0.2, -0.15) is 0 Å². The topological polar surface area (TPSA) is 116 Å². The molecule has 0 radical (unpaired) electrons. The first-order valence-electron chi connectivity index (χ1n) is 31.8. The standard InChI is InChI=1S/C87H57N9/c1-7-43-88-76(13-1)82-52-73(53-83(94-82)77-14-2-8-44-89-77)67-37-25-61(26-38-67)58-19-31-64(32-20-58)70-49-71(65-33-21-59(22-34-65)62-27-39-68(40-28-62)74-54-84(78-15-3-9-45-90-78)95-85(55-74)79-16-4-10-46-91-79)51-72(50-70)66-35-23-60(24-36-66)63-29-41-69(42-30-63)75-56-86(80-17-5-11-47-92-80)96-87(57-75)81-18-6-12-48-93-81/h1-57H. The van der Waals surface area contributed by atoms with Crippen molar-refractivity contribution in [3.05, 3.63) is 347 Å². The van der Waals surface area contributed by atoms with Crippen molar-refractivity contribution in [2.45, 2.75) is 0 Å². The molecule has 9 nitrogen and oxygen atoms in total. The Morgan fingerprint density at radius 2 is 0.250 bits per heavy atom. The molecule has 0 bridgehead atoms. The molecule has 0 saturated heterocycles. The fraction of sp³-hybridized carbons (Fsp3) is 0. The van der Waals surface area contributed by atoms with Gasteiger partial charge in [0.15, 0.2) is 0 Å². The van der Waals surface area contributed by atoms with Crippen LogP contribution in [0.4, 0.5) is 0 Å². The molecule has 0 spiro atoms. The Balaban J connectivity index is 0.703. The molecule has 9 aromatic heterocycles. The molecule has 16 rings (SSSR count). The first-order valence-corrected chi connectivity index (χ1v) is 31.8. The van der Waals surface area contributed by atoms with Crippen molar-refractivity contribution in [1.82, 2.24) is 44.9 Å². The Bertz CT molecular complexity index is 4630. The molecule has 9 heteroatoms. The lowest BCUT2D eigenvalue weighted by Gasteiger charge is -2.14.